The zero-order valence-electron chi connectivity index (χ0n) is 12.1. The Morgan fingerprint density at radius 3 is 2.55 bits per heavy atom. The minimum Gasteiger partial charge on any atom is -0.492 e. The molecule has 0 aliphatic rings. The standard InChI is InChI=1S/C14H22INO3.ClH/c1-4-11(9-17)16-8-10-6-12(15)14(18-3)13(7-10)19-5-2;/h6-7,11,16-17H,4-5,8-9H2,1-3H3;1H. The topological polar surface area (TPSA) is 50.7 Å². The molecule has 0 spiro atoms. The Morgan fingerprint density at radius 2 is 2.05 bits per heavy atom. The van der Waals surface area contributed by atoms with Crippen molar-refractivity contribution in [3.63, 3.8) is 0 Å². The molecule has 0 saturated heterocycles. The molecule has 0 radical (unpaired) electrons. The number of nitrogens with one attached hydrogen (secondary N) is 1. The zero-order chi connectivity index (χ0) is 14.3. The van der Waals surface area contributed by atoms with E-state index in [-0.39, 0.29) is 25.1 Å². The highest BCUT2D eigenvalue weighted by molar-refractivity contribution is 14.1. The number of methoxy groups -OCH3 is 1. The summed E-state index contributed by atoms with van der Waals surface area (Å²) >= 11 is 2.24. The molecule has 1 atom stereocenters. The van der Waals surface area contributed by atoms with Crippen LogP contribution in [-0.4, -0.2) is 31.5 Å². The Bertz CT molecular complexity index is 400. The zero-order valence-corrected chi connectivity index (χ0v) is 15.1. The first-order chi connectivity index (χ1) is 9.15. The van der Waals surface area contributed by atoms with Gasteiger partial charge >= 0.3 is 0 Å². The highest BCUT2D eigenvalue weighted by atomic mass is 127. The highest BCUT2D eigenvalue weighted by Crippen LogP contribution is 2.33. The van der Waals surface area contributed by atoms with Gasteiger partial charge in [0.25, 0.3) is 0 Å². The first kappa shape index (κ1) is 19.8. The fourth-order valence-electron chi connectivity index (χ4n) is 1.78. The third-order valence-electron chi connectivity index (χ3n) is 2.88. The van der Waals surface area contributed by atoms with E-state index in [1.54, 1.807) is 7.11 Å². The molecule has 20 heavy (non-hydrogen) atoms. The first-order valence-electron chi connectivity index (χ1n) is 6.49. The van der Waals surface area contributed by atoms with Crippen molar-refractivity contribution in [3.05, 3.63) is 21.3 Å². The Kier molecular flexibility index (Phi) is 10.4. The molecule has 116 valence electrons. The average molecular weight is 416 g/mol. The van der Waals surface area contributed by atoms with E-state index in [0.717, 1.165) is 27.1 Å². The van der Waals surface area contributed by atoms with Crippen molar-refractivity contribution in [2.45, 2.75) is 32.9 Å². The normalized spacial score (nSPS) is 11.7. The van der Waals surface area contributed by atoms with Crippen LogP contribution in [0.2, 0.25) is 0 Å². The van der Waals surface area contributed by atoms with Crippen LogP contribution in [0.1, 0.15) is 25.8 Å². The maximum atomic E-state index is 9.17. The van der Waals surface area contributed by atoms with Crippen LogP contribution >= 0.6 is 35.0 Å². The fourth-order valence-corrected chi connectivity index (χ4v) is 2.67. The molecule has 6 heteroatoms. The Balaban J connectivity index is 0.00000361. The van der Waals surface area contributed by atoms with Crippen LogP contribution in [0.15, 0.2) is 12.1 Å². The molecule has 0 fully saturated rings. The molecular formula is C14H23ClINO3. The van der Waals surface area contributed by atoms with Crippen molar-refractivity contribution in [2.24, 2.45) is 0 Å². The van der Waals surface area contributed by atoms with Crippen molar-refractivity contribution < 1.29 is 14.6 Å². The quantitative estimate of drug-likeness (QED) is 0.641. The van der Waals surface area contributed by atoms with Crippen molar-refractivity contribution in [3.8, 4) is 11.5 Å². The molecule has 1 aromatic rings. The average Bonchev–Trinajstić information content (AvgIpc) is 2.40. The van der Waals surface area contributed by atoms with Crippen LogP contribution in [-0.2, 0) is 6.54 Å². The van der Waals surface area contributed by atoms with E-state index in [1.165, 1.54) is 0 Å². The number of hydrogen-bond acceptors (Lipinski definition) is 4. The molecule has 4 nitrogen and oxygen atoms in total. The molecule has 0 aliphatic heterocycles. The van der Waals surface area contributed by atoms with Gasteiger partial charge in [0.2, 0.25) is 0 Å². The molecule has 0 bridgehead atoms. The van der Waals surface area contributed by atoms with E-state index < -0.39 is 0 Å². The molecule has 0 amide bonds. The lowest BCUT2D eigenvalue weighted by Crippen LogP contribution is -2.31. The van der Waals surface area contributed by atoms with Gasteiger partial charge in [-0.05, 0) is 53.6 Å². The van der Waals surface area contributed by atoms with E-state index >= 15 is 0 Å². The molecule has 2 N–H and O–H groups in total. The number of aliphatic hydroxyl groups is 1. The van der Waals surface area contributed by atoms with Crippen molar-refractivity contribution >= 4 is 35.0 Å². The molecule has 0 saturated carbocycles. The summed E-state index contributed by atoms with van der Waals surface area (Å²) in [6, 6.07) is 4.19. The van der Waals surface area contributed by atoms with Crippen LogP contribution in [0, 0.1) is 3.57 Å². The van der Waals surface area contributed by atoms with Crippen molar-refractivity contribution in [1.82, 2.24) is 5.32 Å². The number of rotatable bonds is 8. The highest BCUT2D eigenvalue weighted by Gasteiger charge is 2.12. The monoisotopic (exact) mass is 415 g/mol. The summed E-state index contributed by atoms with van der Waals surface area (Å²) in [6.07, 6.45) is 0.905. The van der Waals surface area contributed by atoms with Crippen LogP contribution in [0.4, 0.5) is 0 Å². The van der Waals surface area contributed by atoms with Gasteiger partial charge in [-0.25, -0.2) is 0 Å². The fraction of sp³-hybridized carbons (Fsp3) is 0.571. The summed E-state index contributed by atoms with van der Waals surface area (Å²) < 4.78 is 12.0. The molecule has 0 aliphatic carbocycles. The maximum absolute atomic E-state index is 9.17. The molecule has 1 rings (SSSR count). The largest absolute Gasteiger partial charge is 0.492 e. The second-order valence-corrected chi connectivity index (χ2v) is 5.37. The minimum absolute atomic E-state index is 0. The summed E-state index contributed by atoms with van der Waals surface area (Å²) in [5.41, 5.74) is 1.13. The molecule has 1 unspecified atom stereocenters. The van der Waals surface area contributed by atoms with Gasteiger partial charge in [0.15, 0.2) is 11.5 Å². The van der Waals surface area contributed by atoms with E-state index in [4.69, 9.17) is 9.47 Å². The van der Waals surface area contributed by atoms with Crippen LogP contribution in [0.5, 0.6) is 11.5 Å². The Hall–Kier alpha value is -0.240. The van der Waals surface area contributed by atoms with E-state index in [1.807, 2.05) is 13.0 Å². The van der Waals surface area contributed by atoms with Gasteiger partial charge < -0.3 is 19.9 Å². The Morgan fingerprint density at radius 1 is 1.35 bits per heavy atom. The number of ether oxygens (including phenoxy) is 2. The van der Waals surface area contributed by atoms with Crippen molar-refractivity contribution in [2.75, 3.05) is 20.3 Å². The lowest BCUT2D eigenvalue weighted by atomic mass is 10.1. The minimum atomic E-state index is 0. The molecular weight excluding hydrogens is 393 g/mol. The van der Waals surface area contributed by atoms with Gasteiger partial charge in [0.05, 0.1) is 23.9 Å². The van der Waals surface area contributed by atoms with Gasteiger partial charge in [0, 0.05) is 12.6 Å². The van der Waals surface area contributed by atoms with Gasteiger partial charge in [-0.3, -0.25) is 0 Å². The van der Waals surface area contributed by atoms with Crippen LogP contribution in [0.25, 0.3) is 0 Å². The summed E-state index contributed by atoms with van der Waals surface area (Å²) in [5.74, 6) is 1.55. The molecule has 0 heterocycles. The predicted octanol–water partition coefficient (Wildman–Crippen LogP) is 2.98. The number of aliphatic hydroxyl groups excluding tert-OH is 1. The number of hydrogen-bond donors (Lipinski definition) is 2. The van der Waals surface area contributed by atoms with Crippen LogP contribution < -0.4 is 14.8 Å². The van der Waals surface area contributed by atoms with Gasteiger partial charge in [-0.2, -0.15) is 0 Å². The summed E-state index contributed by atoms with van der Waals surface area (Å²) in [7, 11) is 1.65. The van der Waals surface area contributed by atoms with Gasteiger partial charge in [-0.15, -0.1) is 12.4 Å². The predicted molar refractivity (Wildman–Crippen MR) is 92.1 cm³/mol. The molecule has 1 aromatic carbocycles. The maximum Gasteiger partial charge on any atom is 0.174 e. The second-order valence-electron chi connectivity index (χ2n) is 4.21. The summed E-state index contributed by atoms with van der Waals surface area (Å²) in [6.45, 7) is 5.48. The van der Waals surface area contributed by atoms with E-state index in [9.17, 15) is 5.11 Å². The SMILES string of the molecule is CCOc1cc(CNC(CC)CO)cc(I)c1OC.Cl. The lowest BCUT2D eigenvalue weighted by molar-refractivity contribution is 0.238. The first-order valence-corrected chi connectivity index (χ1v) is 7.57. The Labute approximate surface area is 140 Å². The smallest absolute Gasteiger partial charge is 0.174 e. The summed E-state index contributed by atoms with van der Waals surface area (Å²) in [5, 5.41) is 12.5. The summed E-state index contributed by atoms with van der Waals surface area (Å²) in [4.78, 5) is 0. The third kappa shape index (κ3) is 5.63. The number of benzene rings is 1. The van der Waals surface area contributed by atoms with Gasteiger partial charge in [0.1, 0.15) is 0 Å². The van der Waals surface area contributed by atoms with Crippen molar-refractivity contribution in [1.29, 1.82) is 0 Å². The lowest BCUT2D eigenvalue weighted by Gasteiger charge is -2.16. The second kappa shape index (κ2) is 10.5. The van der Waals surface area contributed by atoms with Gasteiger partial charge in [-0.1, -0.05) is 6.92 Å². The van der Waals surface area contributed by atoms with Crippen LogP contribution in [0.3, 0.4) is 0 Å². The van der Waals surface area contributed by atoms with E-state index in [0.29, 0.717) is 13.2 Å². The molecule has 0 aromatic heterocycles. The number of halogens is 2. The van der Waals surface area contributed by atoms with E-state index in [2.05, 4.69) is 40.9 Å². The third-order valence-corrected chi connectivity index (χ3v) is 3.68.